The standard InChI is InChI=1S/C18H19Cl2FN2O3S/c19-14-3-1-2-13(10-14)18(23-6-8-26-9-7-23)12-22-27(24,25)15-4-5-17(21)16(20)11-15/h1-5,10-11,18,22H,6-9,12H2. The van der Waals surface area contributed by atoms with Crippen molar-refractivity contribution in [3.8, 4) is 0 Å². The topological polar surface area (TPSA) is 58.6 Å². The summed E-state index contributed by atoms with van der Waals surface area (Å²) in [6.45, 7) is 2.66. The van der Waals surface area contributed by atoms with Gasteiger partial charge in [0.1, 0.15) is 5.82 Å². The molecule has 1 unspecified atom stereocenters. The van der Waals surface area contributed by atoms with Crippen LogP contribution in [0.3, 0.4) is 0 Å². The van der Waals surface area contributed by atoms with Crippen LogP contribution in [0.1, 0.15) is 11.6 Å². The molecule has 2 aromatic rings. The Balaban J connectivity index is 1.82. The molecule has 0 spiro atoms. The third-order valence-corrected chi connectivity index (χ3v) is 6.33. The summed E-state index contributed by atoms with van der Waals surface area (Å²) in [6.07, 6.45) is 0. The molecule has 1 aliphatic rings. The van der Waals surface area contributed by atoms with Gasteiger partial charge in [0.15, 0.2) is 0 Å². The predicted octanol–water partition coefficient (Wildman–Crippen LogP) is 3.48. The van der Waals surface area contributed by atoms with Crippen molar-refractivity contribution < 1.29 is 17.5 Å². The van der Waals surface area contributed by atoms with Crippen LogP contribution in [0.2, 0.25) is 10.0 Å². The number of benzene rings is 2. The highest BCUT2D eigenvalue weighted by atomic mass is 35.5. The van der Waals surface area contributed by atoms with Crippen molar-refractivity contribution in [1.29, 1.82) is 0 Å². The second-order valence-electron chi connectivity index (χ2n) is 6.15. The van der Waals surface area contributed by atoms with E-state index in [1.165, 1.54) is 6.07 Å². The number of sulfonamides is 1. The minimum absolute atomic E-state index is 0.0827. The Morgan fingerprint density at radius 3 is 2.56 bits per heavy atom. The average molecular weight is 433 g/mol. The fourth-order valence-corrected chi connectivity index (χ4v) is 4.48. The smallest absolute Gasteiger partial charge is 0.240 e. The average Bonchev–Trinajstić information content (AvgIpc) is 2.65. The van der Waals surface area contributed by atoms with Gasteiger partial charge in [0, 0.05) is 30.7 Å². The zero-order valence-corrected chi connectivity index (χ0v) is 16.7. The summed E-state index contributed by atoms with van der Waals surface area (Å²) < 4.78 is 46.6. The first-order valence-corrected chi connectivity index (χ1v) is 10.6. The van der Waals surface area contributed by atoms with E-state index in [1.54, 1.807) is 6.07 Å². The molecule has 2 aromatic carbocycles. The van der Waals surface area contributed by atoms with E-state index >= 15 is 0 Å². The molecule has 0 bridgehead atoms. The summed E-state index contributed by atoms with van der Waals surface area (Å²) in [6, 6.07) is 10.5. The van der Waals surface area contributed by atoms with Gasteiger partial charge in [0.25, 0.3) is 0 Å². The molecular weight excluding hydrogens is 414 g/mol. The third-order valence-electron chi connectivity index (χ3n) is 4.39. The maximum atomic E-state index is 13.3. The summed E-state index contributed by atoms with van der Waals surface area (Å²) in [5, 5.41) is 0.344. The highest BCUT2D eigenvalue weighted by Gasteiger charge is 2.25. The van der Waals surface area contributed by atoms with Gasteiger partial charge in [0.05, 0.1) is 23.1 Å². The molecule has 146 valence electrons. The first kappa shape index (κ1) is 20.5. The Morgan fingerprint density at radius 2 is 1.89 bits per heavy atom. The molecule has 27 heavy (non-hydrogen) atoms. The van der Waals surface area contributed by atoms with Crippen LogP contribution in [-0.2, 0) is 14.8 Å². The van der Waals surface area contributed by atoms with Gasteiger partial charge in [-0.2, -0.15) is 0 Å². The van der Waals surface area contributed by atoms with E-state index in [0.717, 1.165) is 17.7 Å². The summed E-state index contributed by atoms with van der Waals surface area (Å²) in [4.78, 5) is 2.07. The molecule has 0 amide bonds. The lowest BCUT2D eigenvalue weighted by atomic mass is 10.1. The van der Waals surface area contributed by atoms with Gasteiger partial charge in [-0.3, -0.25) is 4.90 Å². The van der Waals surface area contributed by atoms with Crippen molar-refractivity contribution in [2.75, 3.05) is 32.8 Å². The summed E-state index contributed by atoms with van der Waals surface area (Å²) in [5.74, 6) is -0.666. The van der Waals surface area contributed by atoms with Crippen molar-refractivity contribution >= 4 is 33.2 Å². The molecule has 9 heteroatoms. The van der Waals surface area contributed by atoms with Gasteiger partial charge in [-0.15, -0.1) is 0 Å². The lowest BCUT2D eigenvalue weighted by Crippen LogP contribution is -2.43. The van der Waals surface area contributed by atoms with Crippen LogP contribution < -0.4 is 4.72 Å². The minimum Gasteiger partial charge on any atom is -0.379 e. The Hall–Kier alpha value is -1.22. The summed E-state index contributed by atoms with van der Waals surface area (Å²) >= 11 is 11.8. The molecule has 1 atom stereocenters. The lowest BCUT2D eigenvalue weighted by molar-refractivity contribution is 0.0172. The Kier molecular flexibility index (Phi) is 6.73. The highest BCUT2D eigenvalue weighted by Crippen LogP contribution is 2.25. The van der Waals surface area contributed by atoms with E-state index in [0.29, 0.717) is 31.3 Å². The lowest BCUT2D eigenvalue weighted by Gasteiger charge is -2.35. The molecule has 1 fully saturated rings. The first-order chi connectivity index (χ1) is 12.9. The summed E-state index contributed by atoms with van der Waals surface area (Å²) in [7, 11) is -3.84. The van der Waals surface area contributed by atoms with Gasteiger partial charge >= 0.3 is 0 Å². The number of hydrogen-bond acceptors (Lipinski definition) is 4. The number of nitrogens with zero attached hydrogens (tertiary/aromatic N) is 1. The number of halogens is 3. The van der Waals surface area contributed by atoms with Crippen molar-refractivity contribution in [1.82, 2.24) is 9.62 Å². The van der Waals surface area contributed by atoms with Crippen LogP contribution in [0.25, 0.3) is 0 Å². The molecule has 0 aliphatic carbocycles. The van der Waals surface area contributed by atoms with Gasteiger partial charge in [-0.25, -0.2) is 17.5 Å². The van der Waals surface area contributed by atoms with E-state index in [9.17, 15) is 12.8 Å². The highest BCUT2D eigenvalue weighted by molar-refractivity contribution is 7.89. The van der Waals surface area contributed by atoms with Crippen LogP contribution >= 0.6 is 23.2 Å². The molecule has 1 heterocycles. The van der Waals surface area contributed by atoms with Gasteiger partial charge < -0.3 is 4.74 Å². The van der Waals surface area contributed by atoms with Crippen LogP contribution in [-0.4, -0.2) is 46.2 Å². The van der Waals surface area contributed by atoms with Crippen LogP contribution in [0.4, 0.5) is 4.39 Å². The molecule has 3 rings (SSSR count). The van der Waals surface area contributed by atoms with E-state index in [4.69, 9.17) is 27.9 Å². The van der Waals surface area contributed by atoms with Gasteiger partial charge in [0.2, 0.25) is 10.0 Å². The molecular formula is C18H19Cl2FN2O3S. The zero-order valence-electron chi connectivity index (χ0n) is 14.4. The zero-order chi connectivity index (χ0) is 19.4. The second-order valence-corrected chi connectivity index (χ2v) is 8.76. The number of ether oxygens (including phenoxy) is 1. The van der Waals surface area contributed by atoms with Crippen molar-refractivity contribution in [3.05, 3.63) is 63.9 Å². The van der Waals surface area contributed by atoms with E-state index in [1.807, 2.05) is 18.2 Å². The van der Waals surface area contributed by atoms with Crippen LogP contribution in [0, 0.1) is 5.82 Å². The third kappa shape index (κ3) is 5.19. The monoisotopic (exact) mass is 432 g/mol. The van der Waals surface area contributed by atoms with Crippen molar-refractivity contribution in [3.63, 3.8) is 0 Å². The normalized spacial score (nSPS) is 17.0. The van der Waals surface area contributed by atoms with Crippen molar-refractivity contribution in [2.45, 2.75) is 10.9 Å². The number of nitrogens with one attached hydrogen (secondary N) is 1. The molecule has 1 N–H and O–H groups in total. The number of rotatable bonds is 6. The predicted molar refractivity (Wildman–Crippen MR) is 103 cm³/mol. The maximum Gasteiger partial charge on any atom is 0.240 e. The Labute approximate surface area is 168 Å². The molecule has 5 nitrogen and oxygen atoms in total. The maximum absolute atomic E-state index is 13.3. The molecule has 0 aromatic heterocycles. The number of morpholine rings is 1. The molecule has 1 saturated heterocycles. The van der Waals surface area contributed by atoms with Crippen molar-refractivity contribution in [2.24, 2.45) is 0 Å². The second kappa shape index (κ2) is 8.86. The molecule has 1 aliphatic heterocycles. The van der Waals surface area contributed by atoms with Gasteiger partial charge in [-0.05, 0) is 35.9 Å². The van der Waals surface area contributed by atoms with E-state index < -0.39 is 15.8 Å². The van der Waals surface area contributed by atoms with E-state index in [-0.39, 0.29) is 22.5 Å². The Bertz CT molecular complexity index is 905. The van der Waals surface area contributed by atoms with E-state index in [2.05, 4.69) is 9.62 Å². The summed E-state index contributed by atoms with van der Waals surface area (Å²) in [5.41, 5.74) is 0.907. The minimum atomic E-state index is -3.84. The largest absolute Gasteiger partial charge is 0.379 e. The van der Waals surface area contributed by atoms with Crippen LogP contribution in [0.5, 0.6) is 0 Å². The van der Waals surface area contributed by atoms with Crippen LogP contribution in [0.15, 0.2) is 47.4 Å². The van der Waals surface area contributed by atoms with Gasteiger partial charge in [-0.1, -0.05) is 35.3 Å². The fraction of sp³-hybridized carbons (Fsp3) is 0.333. The quantitative estimate of drug-likeness (QED) is 0.758. The number of hydrogen-bond donors (Lipinski definition) is 1. The fourth-order valence-electron chi connectivity index (χ4n) is 2.98. The first-order valence-electron chi connectivity index (χ1n) is 8.39. The SMILES string of the molecule is O=S(=O)(NCC(c1cccc(Cl)c1)N1CCOCC1)c1ccc(F)c(Cl)c1. The molecule has 0 saturated carbocycles. The molecule has 0 radical (unpaired) electrons. The Morgan fingerprint density at radius 1 is 1.15 bits per heavy atom.